The van der Waals surface area contributed by atoms with Crippen molar-refractivity contribution in [1.82, 2.24) is 10.3 Å². The SMILES string of the molecule is CCNCC1CCCCC1Cc1cncs1. The van der Waals surface area contributed by atoms with E-state index in [1.54, 1.807) is 0 Å². The maximum absolute atomic E-state index is 4.18. The van der Waals surface area contributed by atoms with Crippen LogP contribution in [0.5, 0.6) is 0 Å². The molecule has 1 fully saturated rings. The molecule has 1 saturated carbocycles. The van der Waals surface area contributed by atoms with E-state index in [0.29, 0.717) is 0 Å². The van der Waals surface area contributed by atoms with Crippen LogP contribution in [0, 0.1) is 11.8 Å². The number of nitrogens with zero attached hydrogens (tertiary/aromatic N) is 1. The molecule has 1 heterocycles. The minimum absolute atomic E-state index is 0.883. The Bertz CT molecular complexity index is 284. The van der Waals surface area contributed by atoms with E-state index in [1.165, 1.54) is 43.5 Å². The molecule has 0 aliphatic heterocycles. The highest BCUT2D eigenvalue weighted by Crippen LogP contribution is 2.32. The summed E-state index contributed by atoms with van der Waals surface area (Å²) in [5.74, 6) is 1.77. The van der Waals surface area contributed by atoms with Gasteiger partial charge < -0.3 is 5.32 Å². The highest BCUT2D eigenvalue weighted by Gasteiger charge is 2.25. The molecular formula is C13H22N2S. The Kier molecular flexibility index (Phi) is 4.79. The van der Waals surface area contributed by atoms with Crippen molar-refractivity contribution in [3.63, 3.8) is 0 Å². The molecule has 0 aromatic carbocycles. The summed E-state index contributed by atoms with van der Waals surface area (Å²) in [5.41, 5.74) is 1.96. The summed E-state index contributed by atoms with van der Waals surface area (Å²) in [4.78, 5) is 5.64. The molecule has 1 aliphatic rings. The van der Waals surface area contributed by atoms with Gasteiger partial charge in [0.25, 0.3) is 0 Å². The Labute approximate surface area is 102 Å². The van der Waals surface area contributed by atoms with E-state index in [-0.39, 0.29) is 0 Å². The molecule has 0 spiro atoms. The molecular weight excluding hydrogens is 216 g/mol. The van der Waals surface area contributed by atoms with Gasteiger partial charge in [-0.3, -0.25) is 4.98 Å². The average Bonchev–Trinajstić information content (AvgIpc) is 2.81. The van der Waals surface area contributed by atoms with Crippen molar-refractivity contribution in [1.29, 1.82) is 0 Å². The van der Waals surface area contributed by atoms with Crippen LogP contribution in [0.4, 0.5) is 0 Å². The predicted octanol–water partition coefficient (Wildman–Crippen LogP) is 3.10. The fourth-order valence-corrected chi connectivity index (χ4v) is 3.44. The largest absolute Gasteiger partial charge is 0.317 e. The first-order valence-corrected chi connectivity index (χ1v) is 7.36. The van der Waals surface area contributed by atoms with Gasteiger partial charge in [-0.1, -0.05) is 19.8 Å². The molecule has 0 amide bonds. The smallest absolute Gasteiger partial charge is 0.0794 e. The molecule has 0 bridgehead atoms. The molecule has 0 radical (unpaired) electrons. The molecule has 2 unspecified atom stereocenters. The topological polar surface area (TPSA) is 24.9 Å². The first-order valence-electron chi connectivity index (χ1n) is 6.48. The van der Waals surface area contributed by atoms with Crippen molar-refractivity contribution in [2.24, 2.45) is 11.8 Å². The molecule has 0 saturated heterocycles. The van der Waals surface area contributed by atoms with Gasteiger partial charge in [0.05, 0.1) is 5.51 Å². The van der Waals surface area contributed by atoms with Crippen LogP contribution in [0.25, 0.3) is 0 Å². The molecule has 1 aliphatic carbocycles. The Morgan fingerprint density at radius 2 is 2.19 bits per heavy atom. The number of thiazole rings is 1. The Hall–Kier alpha value is -0.410. The van der Waals surface area contributed by atoms with Crippen LogP contribution in [0.1, 0.15) is 37.5 Å². The molecule has 3 heteroatoms. The van der Waals surface area contributed by atoms with E-state index in [2.05, 4.69) is 17.2 Å². The van der Waals surface area contributed by atoms with E-state index >= 15 is 0 Å². The predicted molar refractivity (Wildman–Crippen MR) is 69.8 cm³/mol. The number of nitrogens with one attached hydrogen (secondary N) is 1. The Balaban J connectivity index is 1.88. The number of rotatable bonds is 5. The molecule has 1 aromatic heterocycles. The van der Waals surface area contributed by atoms with Crippen molar-refractivity contribution in [3.8, 4) is 0 Å². The average molecular weight is 238 g/mol. The van der Waals surface area contributed by atoms with E-state index in [1.807, 2.05) is 23.0 Å². The Morgan fingerprint density at radius 3 is 2.88 bits per heavy atom. The second-order valence-corrected chi connectivity index (χ2v) is 5.76. The second kappa shape index (κ2) is 6.36. The standard InChI is InChI=1S/C13H22N2S/c1-2-14-8-12-6-4-3-5-11(12)7-13-9-15-10-16-13/h9-12,14H,2-8H2,1H3. The zero-order valence-corrected chi connectivity index (χ0v) is 10.9. The van der Waals surface area contributed by atoms with Crippen LogP contribution >= 0.6 is 11.3 Å². The molecule has 2 atom stereocenters. The molecule has 1 N–H and O–H groups in total. The van der Waals surface area contributed by atoms with Gasteiger partial charge in [-0.15, -0.1) is 11.3 Å². The molecule has 16 heavy (non-hydrogen) atoms. The fourth-order valence-electron chi connectivity index (χ4n) is 2.75. The van der Waals surface area contributed by atoms with Crippen LogP contribution in [-0.2, 0) is 6.42 Å². The number of hydrogen-bond acceptors (Lipinski definition) is 3. The van der Waals surface area contributed by atoms with Crippen LogP contribution in [0.3, 0.4) is 0 Å². The van der Waals surface area contributed by atoms with Gasteiger partial charge in [-0.25, -0.2) is 0 Å². The molecule has 1 aromatic rings. The Morgan fingerprint density at radius 1 is 1.38 bits per heavy atom. The van der Waals surface area contributed by atoms with Crippen LogP contribution < -0.4 is 5.32 Å². The van der Waals surface area contributed by atoms with Crippen LogP contribution in [0.2, 0.25) is 0 Å². The van der Waals surface area contributed by atoms with E-state index in [9.17, 15) is 0 Å². The second-order valence-electron chi connectivity index (χ2n) is 4.78. The van der Waals surface area contributed by atoms with Crippen LogP contribution in [-0.4, -0.2) is 18.1 Å². The maximum atomic E-state index is 4.18. The van der Waals surface area contributed by atoms with Crippen LogP contribution in [0.15, 0.2) is 11.7 Å². The monoisotopic (exact) mass is 238 g/mol. The molecule has 2 nitrogen and oxygen atoms in total. The lowest BCUT2D eigenvalue weighted by Gasteiger charge is -2.31. The van der Waals surface area contributed by atoms with Crippen molar-refractivity contribution in [3.05, 3.63) is 16.6 Å². The highest BCUT2D eigenvalue weighted by molar-refractivity contribution is 7.09. The third kappa shape index (κ3) is 3.29. The van der Waals surface area contributed by atoms with Crippen molar-refractivity contribution in [2.75, 3.05) is 13.1 Å². The molecule has 2 rings (SSSR count). The highest BCUT2D eigenvalue weighted by atomic mass is 32.1. The lowest BCUT2D eigenvalue weighted by Crippen LogP contribution is -2.31. The van der Waals surface area contributed by atoms with E-state index in [4.69, 9.17) is 0 Å². The summed E-state index contributed by atoms with van der Waals surface area (Å²) in [5, 5.41) is 3.52. The number of aromatic nitrogens is 1. The summed E-state index contributed by atoms with van der Waals surface area (Å²) in [7, 11) is 0. The normalized spacial score (nSPS) is 25.8. The minimum Gasteiger partial charge on any atom is -0.317 e. The lowest BCUT2D eigenvalue weighted by atomic mass is 9.77. The maximum Gasteiger partial charge on any atom is 0.0794 e. The first kappa shape index (κ1) is 12.1. The third-order valence-corrected chi connectivity index (χ3v) is 4.47. The fraction of sp³-hybridized carbons (Fsp3) is 0.769. The van der Waals surface area contributed by atoms with Crippen molar-refractivity contribution < 1.29 is 0 Å². The third-order valence-electron chi connectivity index (χ3n) is 3.67. The van der Waals surface area contributed by atoms with Crippen molar-refractivity contribution >= 4 is 11.3 Å². The minimum atomic E-state index is 0.883. The van der Waals surface area contributed by atoms with Gasteiger partial charge in [0.2, 0.25) is 0 Å². The van der Waals surface area contributed by atoms with Gasteiger partial charge in [0, 0.05) is 11.1 Å². The lowest BCUT2D eigenvalue weighted by molar-refractivity contribution is 0.230. The van der Waals surface area contributed by atoms with E-state index in [0.717, 1.165) is 18.4 Å². The first-order chi connectivity index (χ1) is 7.90. The van der Waals surface area contributed by atoms with Gasteiger partial charge in [-0.05, 0) is 44.2 Å². The van der Waals surface area contributed by atoms with Gasteiger partial charge in [0.15, 0.2) is 0 Å². The zero-order valence-electron chi connectivity index (χ0n) is 10.1. The molecule has 90 valence electrons. The summed E-state index contributed by atoms with van der Waals surface area (Å²) >= 11 is 1.81. The summed E-state index contributed by atoms with van der Waals surface area (Å²) in [6.45, 7) is 4.50. The van der Waals surface area contributed by atoms with E-state index < -0.39 is 0 Å². The van der Waals surface area contributed by atoms with Crippen molar-refractivity contribution in [2.45, 2.75) is 39.0 Å². The summed E-state index contributed by atoms with van der Waals surface area (Å²) in [6.07, 6.45) is 8.97. The quantitative estimate of drug-likeness (QED) is 0.852. The zero-order chi connectivity index (χ0) is 11.2. The van der Waals surface area contributed by atoms with Gasteiger partial charge in [-0.2, -0.15) is 0 Å². The summed E-state index contributed by atoms with van der Waals surface area (Å²) < 4.78 is 0. The van der Waals surface area contributed by atoms with Gasteiger partial charge >= 0.3 is 0 Å². The summed E-state index contributed by atoms with van der Waals surface area (Å²) in [6, 6.07) is 0. The number of hydrogen-bond donors (Lipinski definition) is 1. The van der Waals surface area contributed by atoms with Gasteiger partial charge in [0.1, 0.15) is 0 Å².